The van der Waals surface area contributed by atoms with Crippen LogP contribution in [0.1, 0.15) is 19.3 Å². The normalized spacial score (nSPS) is 19.9. The lowest BCUT2D eigenvalue weighted by Crippen LogP contribution is -2.20. The molecule has 1 unspecified atom stereocenters. The summed E-state index contributed by atoms with van der Waals surface area (Å²) in [5, 5.41) is 7.81. The predicted molar refractivity (Wildman–Crippen MR) is 73.4 cm³/mol. The molecule has 1 aliphatic heterocycles. The Morgan fingerprint density at radius 1 is 1.21 bits per heavy atom. The first-order valence-electron chi connectivity index (χ1n) is 6.72. The standard InChI is InChI=1S/C14H18N4O/c1-2-6-14(18-11-15-10-16-18)13(5-1)17-12-4-3-8-19-9-7-12/h1-2,5-6,10-12,17H,3-4,7-9H2. The largest absolute Gasteiger partial charge is 0.381 e. The van der Waals surface area contributed by atoms with Crippen LogP contribution >= 0.6 is 0 Å². The molecular weight excluding hydrogens is 240 g/mol. The molecule has 5 heteroatoms. The highest BCUT2D eigenvalue weighted by Gasteiger charge is 2.14. The van der Waals surface area contributed by atoms with Crippen molar-refractivity contribution in [2.45, 2.75) is 25.3 Å². The van der Waals surface area contributed by atoms with E-state index in [0.29, 0.717) is 6.04 Å². The van der Waals surface area contributed by atoms with Gasteiger partial charge in [0.1, 0.15) is 12.7 Å². The molecule has 0 aliphatic carbocycles. The van der Waals surface area contributed by atoms with E-state index in [1.165, 1.54) is 0 Å². The maximum absolute atomic E-state index is 5.50. The van der Waals surface area contributed by atoms with Crippen LogP contribution in [0.25, 0.3) is 5.69 Å². The second-order valence-electron chi connectivity index (χ2n) is 4.74. The summed E-state index contributed by atoms with van der Waals surface area (Å²) >= 11 is 0. The van der Waals surface area contributed by atoms with Crippen molar-refractivity contribution in [3.63, 3.8) is 0 Å². The van der Waals surface area contributed by atoms with Crippen molar-refractivity contribution in [3.8, 4) is 5.69 Å². The number of nitrogens with zero attached hydrogens (tertiary/aromatic N) is 3. The molecule has 5 nitrogen and oxygen atoms in total. The predicted octanol–water partition coefficient (Wildman–Crippen LogP) is 2.25. The van der Waals surface area contributed by atoms with Gasteiger partial charge in [0.05, 0.1) is 11.4 Å². The van der Waals surface area contributed by atoms with Crippen molar-refractivity contribution < 1.29 is 4.74 Å². The van der Waals surface area contributed by atoms with Gasteiger partial charge >= 0.3 is 0 Å². The second-order valence-corrected chi connectivity index (χ2v) is 4.74. The molecule has 1 saturated heterocycles. The van der Waals surface area contributed by atoms with Crippen LogP contribution in [0.5, 0.6) is 0 Å². The first-order valence-corrected chi connectivity index (χ1v) is 6.72. The molecule has 0 bridgehead atoms. The summed E-state index contributed by atoms with van der Waals surface area (Å²) < 4.78 is 7.28. The molecule has 2 heterocycles. The Morgan fingerprint density at radius 2 is 2.16 bits per heavy atom. The molecule has 1 fully saturated rings. The summed E-state index contributed by atoms with van der Waals surface area (Å²) in [6.45, 7) is 1.71. The topological polar surface area (TPSA) is 52.0 Å². The van der Waals surface area contributed by atoms with E-state index in [4.69, 9.17) is 4.74 Å². The summed E-state index contributed by atoms with van der Waals surface area (Å²) in [7, 11) is 0. The van der Waals surface area contributed by atoms with Gasteiger partial charge in [-0.05, 0) is 31.4 Å². The highest BCUT2D eigenvalue weighted by atomic mass is 16.5. The van der Waals surface area contributed by atoms with Gasteiger partial charge in [0.15, 0.2) is 0 Å². The number of hydrogen-bond donors (Lipinski definition) is 1. The minimum atomic E-state index is 0.465. The van der Waals surface area contributed by atoms with Gasteiger partial charge in [0.2, 0.25) is 0 Å². The van der Waals surface area contributed by atoms with Gasteiger partial charge in [-0.2, -0.15) is 5.10 Å². The summed E-state index contributed by atoms with van der Waals surface area (Å²) in [6.07, 6.45) is 6.58. The van der Waals surface area contributed by atoms with Crippen LogP contribution < -0.4 is 5.32 Å². The minimum absolute atomic E-state index is 0.465. The molecule has 1 aromatic heterocycles. The number of benzene rings is 1. The average molecular weight is 258 g/mol. The van der Waals surface area contributed by atoms with Crippen LogP contribution in [0.4, 0.5) is 5.69 Å². The third-order valence-electron chi connectivity index (χ3n) is 3.38. The summed E-state index contributed by atoms with van der Waals surface area (Å²) in [5.74, 6) is 0. The van der Waals surface area contributed by atoms with Gasteiger partial charge < -0.3 is 10.1 Å². The first kappa shape index (κ1) is 12.2. The van der Waals surface area contributed by atoms with Gasteiger partial charge in [-0.1, -0.05) is 12.1 Å². The lowest BCUT2D eigenvalue weighted by molar-refractivity contribution is 0.144. The monoisotopic (exact) mass is 258 g/mol. The Kier molecular flexibility index (Phi) is 3.74. The summed E-state index contributed by atoms with van der Waals surface area (Å²) in [5.41, 5.74) is 2.13. The summed E-state index contributed by atoms with van der Waals surface area (Å²) in [6, 6.07) is 8.65. The van der Waals surface area contributed by atoms with Crippen LogP contribution in [0, 0.1) is 0 Å². The molecule has 0 saturated carbocycles. The van der Waals surface area contributed by atoms with Crippen LogP contribution in [-0.4, -0.2) is 34.0 Å². The lowest BCUT2D eigenvalue weighted by Gasteiger charge is -2.19. The van der Waals surface area contributed by atoms with E-state index in [1.807, 2.05) is 18.2 Å². The highest BCUT2D eigenvalue weighted by molar-refractivity contribution is 5.60. The Bertz CT molecular complexity index is 504. The Hall–Kier alpha value is -1.88. The average Bonchev–Trinajstić information content (AvgIpc) is 2.85. The van der Waals surface area contributed by atoms with Crippen molar-refractivity contribution in [2.24, 2.45) is 0 Å². The zero-order valence-electron chi connectivity index (χ0n) is 10.8. The maximum atomic E-state index is 5.50. The Balaban J connectivity index is 1.80. The fourth-order valence-corrected chi connectivity index (χ4v) is 2.40. The van der Waals surface area contributed by atoms with Gasteiger partial charge in [-0.25, -0.2) is 9.67 Å². The number of rotatable bonds is 3. The van der Waals surface area contributed by atoms with E-state index in [-0.39, 0.29) is 0 Å². The van der Waals surface area contributed by atoms with Crippen molar-refractivity contribution in [3.05, 3.63) is 36.9 Å². The van der Waals surface area contributed by atoms with Gasteiger partial charge in [0, 0.05) is 19.3 Å². The number of anilines is 1. The minimum Gasteiger partial charge on any atom is -0.381 e. The summed E-state index contributed by atoms with van der Waals surface area (Å²) in [4.78, 5) is 4.01. The SMILES string of the molecule is c1ccc(-n2cncn2)c(NC2CCCOCC2)c1. The van der Waals surface area contributed by atoms with Gasteiger partial charge in [0.25, 0.3) is 0 Å². The molecule has 2 aromatic rings. The number of aromatic nitrogens is 3. The number of nitrogens with one attached hydrogen (secondary N) is 1. The first-order chi connectivity index (χ1) is 9.43. The zero-order valence-corrected chi connectivity index (χ0v) is 10.8. The third kappa shape index (κ3) is 2.93. The molecule has 1 N–H and O–H groups in total. The molecule has 1 aromatic carbocycles. The van der Waals surface area contributed by atoms with Crippen molar-refractivity contribution in [2.75, 3.05) is 18.5 Å². The van der Waals surface area contributed by atoms with Gasteiger partial charge in [-0.3, -0.25) is 0 Å². The number of hydrogen-bond acceptors (Lipinski definition) is 4. The molecule has 1 atom stereocenters. The van der Waals surface area contributed by atoms with E-state index in [9.17, 15) is 0 Å². The highest BCUT2D eigenvalue weighted by Crippen LogP contribution is 2.22. The van der Waals surface area contributed by atoms with Gasteiger partial charge in [-0.15, -0.1) is 0 Å². The Morgan fingerprint density at radius 3 is 3.05 bits per heavy atom. The fourth-order valence-electron chi connectivity index (χ4n) is 2.40. The van der Waals surface area contributed by atoms with E-state index >= 15 is 0 Å². The molecule has 1 aliphatic rings. The quantitative estimate of drug-likeness (QED) is 0.917. The second kappa shape index (κ2) is 5.84. The third-order valence-corrected chi connectivity index (χ3v) is 3.38. The van der Waals surface area contributed by atoms with E-state index in [2.05, 4.69) is 21.5 Å². The number of ether oxygens (including phenoxy) is 1. The van der Waals surface area contributed by atoms with Crippen LogP contribution in [0.3, 0.4) is 0 Å². The van der Waals surface area contributed by atoms with Crippen LogP contribution in [-0.2, 0) is 4.74 Å². The number of para-hydroxylation sites is 2. The molecule has 0 spiro atoms. The Labute approximate surface area is 112 Å². The molecule has 0 radical (unpaired) electrons. The van der Waals surface area contributed by atoms with Crippen molar-refractivity contribution in [1.82, 2.24) is 14.8 Å². The van der Waals surface area contributed by atoms with Crippen LogP contribution in [0.15, 0.2) is 36.9 Å². The van der Waals surface area contributed by atoms with E-state index in [0.717, 1.165) is 43.9 Å². The molecule has 0 amide bonds. The van der Waals surface area contributed by atoms with E-state index in [1.54, 1.807) is 17.3 Å². The lowest BCUT2D eigenvalue weighted by atomic mass is 10.1. The zero-order chi connectivity index (χ0) is 12.9. The maximum Gasteiger partial charge on any atom is 0.138 e. The van der Waals surface area contributed by atoms with E-state index < -0.39 is 0 Å². The molecular formula is C14H18N4O. The van der Waals surface area contributed by atoms with Crippen molar-refractivity contribution >= 4 is 5.69 Å². The smallest absolute Gasteiger partial charge is 0.138 e. The molecule has 3 rings (SSSR count). The molecule has 100 valence electrons. The molecule has 19 heavy (non-hydrogen) atoms. The van der Waals surface area contributed by atoms with Crippen molar-refractivity contribution in [1.29, 1.82) is 0 Å². The van der Waals surface area contributed by atoms with Crippen LogP contribution in [0.2, 0.25) is 0 Å². The fraction of sp³-hybridized carbons (Fsp3) is 0.429.